The molecule has 0 radical (unpaired) electrons. The van der Waals surface area contributed by atoms with E-state index in [2.05, 4.69) is 25.9 Å². The summed E-state index contributed by atoms with van der Waals surface area (Å²) in [5.41, 5.74) is 1.40. The lowest BCUT2D eigenvalue weighted by Gasteiger charge is -2.09. The minimum Gasteiger partial charge on any atom is -0.439 e. The third kappa shape index (κ3) is 5.18. The van der Waals surface area contributed by atoms with Crippen LogP contribution in [-0.2, 0) is 0 Å². The minimum atomic E-state index is -0.387. The van der Waals surface area contributed by atoms with Crippen molar-refractivity contribution in [3.05, 3.63) is 71.6 Å². The highest BCUT2D eigenvalue weighted by molar-refractivity contribution is 6.30. The molecule has 0 fully saturated rings. The van der Waals surface area contributed by atoms with Crippen molar-refractivity contribution in [2.45, 2.75) is 0 Å². The van der Waals surface area contributed by atoms with Gasteiger partial charge in [0.2, 0.25) is 5.88 Å². The first kappa shape index (κ1) is 19.1. The Kier molecular flexibility index (Phi) is 6.03. The second-order valence-electron chi connectivity index (χ2n) is 5.53. The van der Waals surface area contributed by atoms with E-state index in [0.29, 0.717) is 22.1 Å². The van der Waals surface area contributed by atoms with E-state index in [1.54, 1.807) is 48.5 Å². The van der Waals surface area contributed by atoms with Crippen molar-refractivity contribution < 1.29 is 14.3 Å². The van der Waals surface area contributed by atoms with Gasteiger partial charge in [0.05, 0.1) is 0 Å². The molecule has 3 aromatic rings. The monoisotopic (exact) mass is 397 g/mol. The number of aromatic nitrogens is 2. The lowest BCUT2D eigenvalue weighted by atomic mass is 10.3. The second-order valence-corrected chi connectivity index (χ2v) is 5.97. The van der Waals surface area contributed by atoms with Crippen LogP contribution in [0.4, 0.5) is 16.2 Å². The van der Waals surface area contributed by atoms with Crippen LogP contribution in [0.5, 0.6) is 11.6 Å². The Morgan fingerprint density at radius 2 is 1.54 bits per heavy atom. The van der Waals surface area contributed by atoms with Gasteiger partial charge in [-0.1, -0.05) is 11.6 Å². The number of ether oxygens (including phenoxy) is 1. The van der Waals surface area contributed by atoms with Gasteiger partial charge in [0.25, 0.3) is 5.91 Å². The molecular formula is C19H16ClN5O3. The molecule has 3 N–H and O–H groups in total. The molecular weight excluding hydrogens is 382 g/mol. The highest BCUT2D eigenvalue weighted by atomic mass is 35.5. The Balaban J connectivity index is 1.59. The molecule has 3 rings (SSSR count). The number of halogens is 1. The van der Waals surface area contributed by atoms with Gasteiger partial charge in [-0.15, -0.1) is 0 Å². The highest BCUT2D eigenvalue weighted by Gasteiger charge is 2.08. The van der Waals surface area contributed by atoms with Crippen LogP contribution >= 0.6 is 11.6 Å². The number of nitrogens with one attached hydrogen (secondary N) is 3. The molecule has 2 aromatic carbocycles. The Morgan fingerprint density at radius 1 is 0.929 bits per heavy atom. The van der Waals surface area contributed by atoms with E-state index in [1.165, 1.54) is 19.4 Å². The van der Waals surface area contributed by atoms with Crippen molar-refractivity contribution >= 4 is 34.9 Å². The number of amides is 3. The summed E-state index contributed by atoms with van der Waals surface area (Å²) in [5, 5.41) is 8.48. The Hall–Kier alpha value is -3.65. The average molecular weight is 398 g/mol. The molecule has 0 saturated carbocycles. The van der Waals surface area contributed by atoms with E-state index >= 15 is 0 Å². The largest absolute Gasteiger partial charge is 0.439 e. The summed E-state index contributed by atoms with van der Waals surface area (Å²) in [7, 11) is 1.51. The predicted molar refractivity (Wildman–Crippen MR) is 106 cm³/mol. The lowest BCUT2D eigenvalue weighted by Crippen LogP contribution is -2.19. The molecule has 9 heteroatoms. The number of hydrogen-bond acceptors (Lipinski definition) is 5. The van der Waals surface area contributed by atoms with Crippen molar-refractivity contribution in [2.24, 2.45) is 0 Å². The van der Waals surface area contributed by atoms with Crippen LogP contribution in [0.2, 0.25) is 5.02 Å². The Bertz CT molecular complexity index is 978. The van der Waals surface area contributed by atoms with E-state index in [4.69, 9.17) is 16.3 Å². The summed E-state index contributed by atoms with van der Waals surface area (Å²) >= 11 is 5.81. The Morgan fingerprint density at radius 3 is 2.14 bits per heavy atom. The van der Waals surface area contributed by atoms with Gasteiger partial charge in [-0.25, -0.2) is 14.8 Å². The van der Waals surface area contributed by atoms with Gasteiger partial charge in [-0.2, -0.15) is 0 Å². The zero-order chi connectivity index (χ0) is 19.9. The smallest absolute Gasteiger partial charge is 0.323 e. The van der Waals surface area contributed by atoms with Crippen LogP contribution in [-0.4, -0.2) is 29.0 Å². The molecule has 0 aliphatic rings. The van der Waals surface area contributed by atoms with E-state index in [9.17, 15) is 9.59 Å². The average Bonchev–Trinajstić information content (AvgIpc) is 2.71. The number of urea groups is 1. The summed E-state index contributed by atoms with van der Waals surface area (Å²) in [6, 6.07) is 14.5. The molecule has 0 unspecified atom stereocenters. The number of anilines is 2. The fourth-order valence-corrected chi connectivity index (χ4v) is 2.33. The van der Waals surface area contributed by atoms with Crippen LogP contribution in [0.25, 0.3) is 0 Å². The van der Waals surface area contributed by atoms with Crippen LogP contribution in [0, 0.1) is 0 Å². The number of carbonyl (C=O) groups is 2. The standard InChI is InChI=1S/C19H16ClN5O3/c1-21-18(26)16-10-17(23-11-22-16)28-15-8-6-14(7-9-15)25-19(27)24-13-4-2-12(20)3-5-13/h2-11H,1H3,(H,21,26)(H2,24,25,27). The number of benzene rings is 2. The topological polar surface area (TPSA) is 105 Å². The molecule has 0 bridgehead atoms. The first-order valence-electron chi connectivity index (χ1n) is 8.19. The van der Waals surface area contributed by atoms with E-state index in [0.717, 1.165) is 0 Å². The van der Waals surface area contributed by atoms with Gasteiger partial charge < -0.3 is 20.7 Å². The molecule has 1 aromatic heterocycles. The third-order valence-corrected chi connectivity index (χ3v) is 3.79. The zero-order valence-corrected chi connectivity index (χ0v) is 15.5. The normalized spacial score (nSPS) is 10.1. The highest BCUT2D eigenvalue weighted by Crippen LogP contribution is 2.22. The van der Waals surface area contributed by atoms with Gasteiger partial charge >= 0.3 is 6.03 Å². The zero-order valence-electron chi connectivity index (χ0n) is 14.8. The quantitative estimate of drug-likeness (QED) is 0.605. The predicted octanol–water partition coefficient (Wildman–Crippen LogP) is 3.93. The molecule has 28 heavy (non-hydrogen) atoms. The summed E-state index contributed by atoms with van der Waals surface area (Å²) < 4.78 is 5.61. The van der Waals surface area contributed by atoms with Gasteiger partial charge in [-0.05, 0) is 48.5 Å². The van der Waals surface area contributed by atoms with Gasteiger partial charge in [-0.3, -0.25) is 4.79 Å². The summed E-state index contributed by atoms with van der Waals surface area (Å²) in [4.78, 5) is 31.5. The second kappa shape index (κ2) is 8.83. The molecule has 142 valence electrons. The van der Waals surface area contributed by atoms with Crippen molar-refractivity contribution in [3.8, 4) is 11.6 Å². The van der Waals surface area contributed by atoms with Crippen LogP contribution < -0.4 is 20.7 Å². The number of rotatable bonds is 5. The van der Waals surface area contributed by atoms with E-state index in [1.807, 2.05) is 0 Å². The molecule has 0 saturated heterocycles. The fourth-order valence-electron chi connectivity index (χ4n) is 2.20. The molecule has 0 aliphatic heterocycles. The number of carbonyl (C=O) groups excluding carboxylic acids is 2. The van der Waals surface area contributed by atoms with Crippen LogP contribution in [0.1, 0.15) is 10.5 Å². The molecule has 0 spiro atoms. The van der Waals surface area contributed by atoms with Crippen LogP contribution in [0.3, 0.4) is 0 Å². The molecule has 0 atom stereocenters. The van der Waals surface area contributed by atoms with Gasteiger partial charge in [0.1, 0.15) is 17.8 Å². The van der Waals surface area contributed by atoms with Crippen LogP contribution in [0.15, 0.2) is 60.9 Å². The molecule has 1 heterocycles. The third-order valence-electron chi connectivity index (χ3n) is 3.54. The van der Waals surface area contributed by atoms with E-state index < -0.39 is 0 Å². The van der Waals surface area contributed by atoms with E-state index in [-0.39, 0.29) is 23.5 Å². The fraction of sp³-hybridized carbons (Fsp3) is 0.0526. The lowest BCUT2D eigenvalue weighted by molar-refractivity contribution is 0.0957. The van der Waals surface area contributed by atoms with Gasteiger partial charge in [0.15, 0.2) is 0 Å². The first-order chi connectivity index (χ1) is 13.5. The Labute approximate surface area is 165 Å². The number of nitrogens with zero attached hydrogens (tertiary/aromatic N) is 2. The molecule has 8 nitrogen and oxygen atoms in total. The maximum absolute atomic E-state index is 12.0. The summed E-state index contributed by atoms with van der Waals surface area (Å²) in [6.45, 7) is 0. The maximum Gasteiger partial charge on any atom is 0.323 e. The van der Waals surface area contributed by atoms with Crippen molar-refractivity contribution in [1.82, 2.24) is 15.3 Å². The summed E-state index contributed by atoms with van der Waals surface area (Å²) in [5.74, 6) is 0.388. The SMILES string of the molecule is CNC(=O)c1cc(Oc2ccc(NC(=O)Nc3ccc(Cl)cc3)cc2)ncn1. The van der Waals surface area contributed by atoms with Gasteiger partial charge in [0, 0.05) is 29.5 Å². The summed E-state index contributed by atoms with van der Waals surface area (Å²) in [6.07, 6.45) is 1.25. The minimum absolute atomic E-state index is 0.199. The van der Waals surface area contributed by atoms with Crippen molar-refractivity contribution in [1.29, 1.82) is 0 Å². The number of hydrogen-bond donors (Lipinski definition) is 3. The van der Waals surface area contributed by atoms with Crippen molar-refractivity contribution in [3.63, 3.8) is 0 Å². The van der Waals surface area contributed by atoms with Crippen molar-refractivity contribution in [2.75, 3.05) is 17.7 Å². The first-order valence-corrected chi connectivity index (χ1v) is 8.57. The molecule has 3 amide bonds. The maximum atomic E-state index is 12.0. The molecule has 0 aliphatic carbocycles.